The van der Waals surface area contributed by atoms with E-state index in [2.05, 4.69) is 39.5 Å². The van der Waals surface area contributed by atoms with Gasteiger partial charge in [0, 0.05) is 25.2 Å². The Bertz CT molecular complexity index is 238. The van der Waals surface area contributed by atoms with Crippen LogP contribution in [0.3, 0.4) is 0 Å². The Kier molecular flexibility index (Phi) is 4.58. The minimum Gasteiger partial charge on any atom is -0.395 e. The predicted molar refractivity (Wildman–Crippen MR) is 70.0 cm³/mol. The van der Waals surface area contributed by atoms with Gasteiger partial charge in [-0.05, 0) is 34.1 Å². The number of aliphatic hydroxyl groups is 1. The van der Waals surface area contributed by atoms with Crippen LogP contribution < -0.4 is 5.73 Å². The average Bonchev–Trinajstić information content (AvgIpc) is 2.13. The molecule has 0 aromatic carbocycles. The molecular weight excluding hydrogens is 216 g/mol. The van der Waals surface area contributed by atoms with Gasteiger partial charge in [-0.1, -0.05) is 6.92 Å². The van der Waals surface area contributed by atoms with Gasteiger partial charge < -0.3 is 15.6 Å². The summed E-state index contributed by atoms with van der Waals surface area (Å²) < 4.78 is 6.04. The summed E-state index contributed by atoms with van der Waals surface area (Å²) in [4.78, 5) is 2.28. The number of hydrogen-bond acceptors (Lipinski definition) is 4. The minimum atomic E-state index is -0.192. The fraction of sp³-hybridized carbons (Fsp3) is 1.00. The average molecular weight is 244 g/mol. The summed E-state index contributed by atoms with van der Waals surface area (Å²) in [6.07, 6.45) is 0.878. The van der Waals surface area contributed by atoms with E-state index in [1.807, 2.05) is 0 Å². The van der Waals surface area contributed by atoms with E-state index in [4.69, 9.17) is 10.5 Å². The molecule has 4 nitrogen and oxygen atoms in total. The molecule has 0 amide bonds. The first-order valence-corrected chi connectivity index (χ1v) is 6.51. The number of aliphatic hydroxyl groups excluding tert-OH is 1. The van der Waals surface area contributed by atoms with Crippen LogP contribution in [0, 0.1) is 0 Å². The summed E-state index contributed by atoms with van der Waals surface area (Å²) in [5.41, 5.74) is 5.71. The number of nitrogens with zero attached hydrogens (tertiary/aromatic N) is 1. The van der Waals surface area contributed by atoms with Crippen molar-refractivity contribution in [3.63, 3.8) is 0 Å². The van der Waals surface area contributed by atoms with E-state index in [0.29, 0.717) is 0 Å². The fourth-order valence-corrected chi connectivity index (χ4v) is 2.87. The van der Waals surface area contributed by atoms with Crippen LogP contribution in [-0.4, -0.2) is 53.0 Å². The normalized spacial score (nSPS) is 27.7. The van der Waals surface area contributed by atoms with Gasteiger partial charge in [0.05, 0.1) is 17.8 Å². The third-order valence-corrected chi connectivity index (χ3v) is 3.34. The second kappa shape index (κ2) is 5.22. The summed E-state index contributed by atoms with van der Waals surface area (Å²) in [6, 6.07) is 0.0483. The first-order valence-electron chi connectivity index (χ1n) is 6.51. The molecule has 0 bridgehead atoms. The second-order valence-corrected chi connectivity index (χ2v) is 6.35. The van der Waals surface area contributed by atoms with Gasteiger partial charge in [-0.3, -0.25) is 4.90 Å². The van der Waals surface area contributed by atoms with Crippen molar-refractivity contribution < 1.29 is 9.84 Å². The van der Waals surface area contributed by atoms with Gasteiger partial charge in [-0.25, -0.2) is 0 Å². The lowest BCUT2D eigenvalue weighted by Gasteiger charge is -2.50. The largest absolute Gasteiger partial charge is 0.395 e. The van der Waals surface area contributed by atoms with Crippen LogP contribution in [0.2, 0.25) is 0 Å². The summed E-state index contributed by atoms with van der Waals surface area (Å²) in [6.45, 7) is 12.2. The molecule has 0 aromatic heterocycles. The smallest absolute Gasteiger partial charge is 0.0760 e. The van der Waals surface area contributed by atoms with Crippen LogP contribution in [0.25, 0.3) is 0 Å². The molecule has 1 fully saturated rings. The first kappa shape index (κ1) is 14.9. The lowest BCUT2D eigenvalue weighted by molar-refractivity contribution is -0.191. The monoisotopic (exact) mass is 244 g/mol. The zero-order valence-electron chi connectivity index (χ0n) is 11.9. The Morgan fingerprint density at radius 3 is 2.06 bits per heavy atom. The molecule has 0 aromatic rings. The molecule has 1 rings (SSSR count). The molecule has 0 saturated carbocycles. The van der Waals surface area contributed by atoms with Gasteiger partial charge in [0.2, 0.25) is 0 Å². The summed E-state index contributed by atoms with van der Waals surface area (Å²) in [5.74, 6) is 0. The van der Waals surface area contributed by atoms with Gasteiger partial charge in [0.25, 0.3) is 0 Å². The predicted octanol–water partition coefficient (Wildman–Crippen LogP) is 0.974. The lowest BCUT2D eigenvalue weighted by Crippen LogP contribution is -2.63. The van der Waals surface area contributed by atoms with Crippen molar-refractivity contribution in [1.82, 2.24) is 4.90 Å². The number of nitrogens with two attached hydrogens (primary N) is 1. The number of rotatable bonds is 4. The third-order valence-electron chi connectivity index (χ3n) is 3.34. The van der Waals surface area contributed by atoms with Crippen LogP contribution in [0.1, 0.15) is 41.0 Å². The lowest BCUT2D eigenvalue weighted by atomic mass is 9.95. The highest BCUT2D eigenvalue weighted by Crippen LogP contribution is 2.29. The van der Waals surface area contributed by atoms with Crippen LogP contribution >= 0.6 is 0 Å². The van der Waals surface area contributed by atoms with Crippen molar-refractivity contribution >= 4 is 0 Å². The van der Waals surface area contributed by atoms with Gasteiger partial charge in [0.1, 0.15) is 0 Å². The van der Waals surface area contributed by atoms with Crippen molar-refractivity contribution in [2.24, 2.45) is 5.73 Å². The highest BCUT2D eigenvalue weighted by Gasteiger charge is 2.41. The van der Waals surface area contributed by atoms with E-state index in [9.17, 15) is 5.11 Å². The van der Waals surface area contributed by atoms with Crippen molar-refractivity contribution in [2.45, 2.75) is 64.3 Å². The molecule has 2 atom stereocenters. The molecule has 0 aliphatic carbocycles. The van der Waals surface area contributed by atoms with Gasteiger partial charge in [-0.15, -0.1) is 0 Å². The number of morpholine rings is 1. The quantitative estimate of drug-likeness (QED) is 0.774. The second-order valence-electron chi connectivity index (χ2n) is 6.35. The molecule has 1 aliphatic rings. The van der Waals surface area contributed by atoms with Crippen molar-refractivity contribution in [3.8, 4) is 0 Å². The number of hydrogen-bond donors (Lipinski definition) is 2. The Hall–Kier alpha value is -0.160. The maximum atomic E-state index is 9.56. The topological polar surface area (TPSA) is 58.7 Å². The van der Waals surface area contributed by atoms with E-state index >= 15 is 0 Å². The summed E-state index contributed by atoms with van der Waals surface area (Å²) in [7, 11) is 0. The molecular formula is C13H28N2O2. The molecule has 102 valence electrons. The van der Waals surface area contributed by atoms with E-state index in [1.54, 1.807) is 0 Å². The fourth-order valence-electron chi connectivity index (χ4n) is 2.87. The molecule has 3 N–H and O–H groups in total. The van der Waals surface area contributed by atoms with Crippen molar-refractivity contribution in [2.75, 3.05) is 19.7 Å². The molecule has 1 heterocycles. The van der Waals surface area contributed by atoms with Gasteiger partial charge >= 0.3 is 0 Å². The molecule has 17 heavy (non-hydrogen) atoms. The van der Waals surface area contributed by atoms with Crippen LogP contribution in [0.5, 0.6) is 0 Å². The van der Waals surface area contributed by atoms with E-state index in [1.165, 1.54) is 0 Å². The van der Waals surface area contributed by atoms with Gasteiger partial charge in [0.15, 0.2) is 0 Å². The SMILES string of the molecule is CCC(N)C(CO)N1CC(C)(C)OC(C)(C)C1. The highest BCUT2D eigenvalue weighted by atomic mass is 16.5. The summed E-state index contributed by atoms with van der Waals surface area (Å²) in [5, 5.41) is 9.56. The Morgan fingerprint density at radius 1 is 1.24 bits per heavy atom. The van der Waals surface area contributed by atoms with Crippen molar-refractivity contribution in [3.05, 3.63) is 0 Å². The van der Waals surface area contributed by atoms with E-state index < -0.39 is 0 Å². The van der Waals surface area contributed by atoms with Crippen LogP contribution in [0.4, 0.5) is 0 Å². The highest BCUT2D eigenvalue weighted by molar-refractivity contribution is 4.94. The molecule has 1 saturated heterocycles. The minimum absolute atomic E-state index is 0.0182. The zero-order valence-corrected chi connectivity index (χ0v) is 11.9. The van der Waals surface area contributed by atoms with Crippen molar-refractivity contribution in [1.29, 1.82) is 0 Å². The zero-order chi connectivity index (χ0) is 13.3. The molecule has 2 unspecified atom stereocenters. The molecule has 4 heteroatoms. The first-order chi connectivity index (χ1) is 7.71. The molecule has 0 radical (unpaired) electrons. The Labute approximate surface area is 105 Å². The number of ether oxygens (including phenoxy) is 1. The summed E-state index contributed by atoms with van der Waals surface area (Å²) >= 11 is 0. The van der Waals surface area contributed by atoms with Crippen LogP contribution in [-0.2, 0) is 4.74 Å². The Balaban J connectivity index is 2.81. The maximum absolute atomic E-state index is 9.56. The standard InChI is InChI=1S/C13H28N2O2/c1-6-10(14)11(7-16)15-8-12(2,3)17-13(4,5)9-15/h10-11,16H,6-9,14H2,1-5H3. The maximum Gasteiger partial charge on any atom is 0.0760 e. The third kappa shape index (κ3) is 3.91. The van der Waals surface area contributed by atoms with E-state index in [-0.39, 0.29) is 29.9 Å². The van der Waals surface area contributed by atoms with E-state index in [0.717, 1.165) is 19.5 Å². The Morgan fingerprint density at radius 2 is 1.71 bits per heavy atom. The van der Waals surface area contributed by atoms with Crippen LogP contribution in [0.15, 0.2) is 0 Å². The molecule has 0 spiro atoms. The molecule has 1 aliphatic heterocycles. The van der Waals surface area contributed by atoms with Gasteiger partial charge in [-0.2, -0.15) is 0 Å².